The van der Waals surface area contributed by atoms with Crippen LogP contribution in [0.2, 0.25) is 5.02 Å². The summed E-state index contributed by atoms with van der Waals surface area (Å²) in [6.07, 6.45) is 0.773. The molecule has 0 bridgehead atoms. The van der Waals surface area contributed by atoms with Crippen LogP contribution >= 0.6 is 27.5 Å². The van der Waals surface area contributed by atoms with Gasteiger partial charge in [-0.25, -0.2) is 0 Å². The standard InChI is InChI=1S/C19H15BrClN3O/c20-14-3-1-2-13(10-14)19(25)24-9-8-17-16(11-24)18(23-22-17)12-4-6-15(21)7-5-12/h1-7,10H,8-9,11H2,(H,22,23). The first-order valence-corrected chi connectivity index (χ1v) is 9.16. The van der Waals surface area contributed by atoms with Crippen LogP contribution in [-0.4, -0.2) is 27.5 Å². The minimum atomic E-state index is 0.0372. The second-order valence-corrected chi connectivity index (χ2v) is 7.38. The summed E-state index contributed by atoms with van der Waals surface area (Å²) in [5.41, 5.74) is 4.76. The van der Waals surface area contributed by atoms with Crippen molar-refractivity contribution in [1.82, 2.24) is 15.1 Å². The Morgan fingerprint density at radius 3 is 2.76 bits per heavy atom. The quantitative estimate of drug-likeness (QED) is 0.659. The lowest BCUT2D eigenvalue weighted by molar-refractivity contribution is 0.0734. The number of carbonyl (C=O) groups excluding carboxylic acids is 1. The molecule has 4 rings (SSSR count). The smallest absolute Gasteiger partial charge is 0.254 e. The molecule has 1 amide bonds. The van der Waals surface area contributed by atoms with E-state index >= 15 is 0 Å². The molecule has 126 valence electrons. The predicted molar refractivity (Wildman–Crippen MR) is 102 cm³/mol. The summed E-state index contributed by atoms with van der Waals surface area (Å²) in [7, 11) is 0. The van der Waals surface area contributed by atoms with E-state index in [0.717, 1.165) is 33.4 Å². The molecule has 1 aliphatic rings. The van der Waals surface area contributed by atoms with Gasteiger partial charge < -0.3 is 4.90 Å². The lowest BCUT2D eigenvalue weighted by atomic mass is 10.0. The van der Waals surface area contributed by atoms with E-state index in [9.17, 15) is 4.79 Å². The maximum atomic E-state index is 12.8. The minimum Gasteiger partial charge on any atom is -0.334 e. The monoisotopic (exact) mass is 415 g/mol. The van der Waals surface area contributed by atoms with Gasteiger partial charge in [0, 0.05) is 51.4 Å². The molecule has 4 nitrogen and oxygen atoms in total. The van der Waals surface area contributed by atoms with Gasteiger partial charge in [-0.2, -0.15) is 5.10 Å². The Labute approximate surface area is 158 Å². The number of aromatic amines is 1. The molecular weight excluding hydrogens is 402 g/mol. The Morgan fingerprint density at radius 2 is 2.00 bits per heavy atom. The molecule has 0 aliphatic carbocycles. The maximum Gasteiger partial charge on any atom is 0.254 e. The number of rotatable bonds is 2. The summed E-state index contributed by atoms with van der Waals surface area (Å²) in [6.45, 7) is 1.23. The van der Waals surface area contributed by atoms with Gasteiger partial charge in [0.25, 0.3) is 5.91 Å². The highest BCUT2D eigenvalue weighted by Crippen LogP contribution is 2.29. The highest BCUT2D eigenvalue weighted by molar-refractivity contribution is 9.10. The van der Waals surface area contributed by atoms with Crippen molar-refractivity contribution in [3.05, 3.63) is 74.8 Å². The van der Waals surface area contributed by atoms with Crippen LogP contribution in [0, 0.1) is 0 Å². The number of halogens is 2. The Hall–Kier alpha value is -2.11. The number of nitrogens with one attached hydrogen (secondary N) is 1. The van der Waals surface area contributed by atoms with Crippen molar-refractivity contribution in [3.63, 3.8) is 0 Å². The van der Waals surface area contributed by atoms with Crippen LogP contribution in [0.15, 0.2) is 53.0 Å². The second-order valence-electron chi connectivity index (χ2n) is 6.02. The number of hydrogen-bond donors (Lipinski definition) is 1. The average Bonchev–Trinajstić information content (AvgIpc) is 3.05. The molecule has 0 saturated carbocycles. The number of H-pyrrole nitrogens is 1. The lowest BCUT2D eigenvalue weighted by Crippen LogP contribution is -2.35. The fourth-order valence-electron chi connectivity index (χ4n) is 3.12. The zero-order chi connectivity index (χ0) is 17.4. The molecule has 0 fully saturated rings. The molecule has 6 heteroatoms. The van der Waals surface area contributed by atoms with E-state index in [1.807, 2.05) is 53.4 Å². The largest absolute Gasteiger partial charge is 0.334 e. The number of amides is 1. The molecule has 1 aromatic heterocycles. The number of aromatic nitrogens is 2. The maximum absolute atomic E-state index is 12.8. The summed E-state index contributed by atoms with van der Waals surface area (Å²) in [5.74, 6) is 0.0372. The van der Waals surface area contributed by atoms with Gasteiger partial charge in [-0.15, -0.1) is 0 Å². The van der Waals surface area contributed by atoms with Gasteiger partial charge >= 0.3 is 0 Å². The lowest BCUT2D eigenvalue weighted by Gasteiger charge is -2.27. The van der Waals surface area contributed by atoms with Crippen molar-refractivity contribution in [1.29, 1.82) is 0 Å². The van der Waals surface area contributed by atoms with Gasteiger partial charge in [-0.05, 0) is 30.3 Å². The van der Waals surface area contributed by atoms with Gasteiger partial charge in [-0.1, -0.05) is 45.7 Å². The van der Waals surface area contributed by atoms with Crippen molar-refractivity contribution in [3.8, 4) is 11.3 Å². The SMILES string of the molecule is O=C(c1cccc(Br)c1)N1CCc2[nH]nc(-c3ccc(Cl)cc3)c2C1. The van der Waals surface area contributed by atoms with Crippen molar-refractivity contribution < 1.29 is 4.79 Å². The molecule has 0 radical (unpaired) electrons. The zero-order valence-corrected chi connectivity index (χ0v) is 15.6. The van der Waals surface area contributed by atoms with Gasteiger partial charge in [0.15, 0.2) is 0 Å². The fourth-order valence-corrected chi connectivity index (χ4v) is 3.64. The summed E-state index contributed by atoms with van der Waals surface area (Å²) in [4.78, 5) is 14.7. The number of hydrogen-bond acceptors (Lipinski definition) is 2. The molecule has 0 unspecified atom stereocenters. The first-order chi connectivity index (χ1) is 12.1. The van der Waals surface area contributed by atoms with E-state index in [4.69, 9.17) is 11.6 Å². The van der Waals surface area contributed by atoms with E-state index in [-0.39, 0.29) is 5.91 Å². The topological polar surface area (TPSA) is 49.0 Å². The van der Waals surface area contributed by atoms with E-state index in [1.165, 1.54) is 0 Å². The Morgan fingerprint density at radius 1 is 1.20 bits per heavy atom. The normalized spacial score (nSPS) is 13.6. The van der Waals surface area contributed by atoms with Gasteiger partial charge in [-0.3, -0.25) is 9.89 Å². The highest BCUT2D eigenvalue weighted by atomic mass is 79.9. The molecule has 3 aromatic rings. The van der Waals surface area contributed by atoms with Crippen molar-refractivity contribution in [2.45, 2.75) is 13.0 Å². The van der Waals surface area contributed by atoms with E-state index in [1.54, 1.807) is 0 Å². The van der Waals surface area contributed by atoms with E-state index in [2.05, 4.69) is 26.1 Å². The molecule has 0 saturated heterocycles. The van der Waals surface area contributed by atoms with Crippen LogP contribution in [0.25, 0.3) is 11.3 Å². The molecule has 1 N–H and O–H groups in total. The molecule has 0 atom stereocenters. The predicted octanol–water partition coefficient (Wildman–Crippen LogP) is 4.69. The van der Waals surface area contributed by atoms with Gasteiger partial charge in [0.1, 0.15) is 0 Å². The van der Waals surface area contributed by atoms with Crippen LogP contribution < -0.4 is 0 Å². The van der Waals surface area contributed by atoms with Gasteiger partial charge in [0.05, 0.1) is 5.69 Å². The third-order valence-corrected chi connectivity index (χ3v) is 5.16. The first-order valence-electron chi connectivity index (χ1n) is 7.99. The first kappa shape index (κ1) is 16.4. The van der Waals surface area contributed by atoms with Crippen LogP contribution in [-0.2, 0) is 13.0 Å². The average molecular weight is 417 g/mol. The molecule has 2 heterocycles. The Kier molecular flexibility index (Phi) is 4.36. The summed E-state index contributed by atoms with van der Waals surface area (Å²) in [5, 5.41) is 8.28. The number of nitrogens with zero attached hydrogens (tertiary/aromatic N) is 2. The summed E-state index contributed by atoms with van der Waals surface area (Å²) < 4.78 is 0.904. The van der Waals surface area contributed by atoms with Crippen molar-refractivity contribution >= 4 is 33.4 Å². The molecule has 1 aliphatic heterocycles. The number of carbonyl (C=O) groups is 1. The Bertz CT molecular complexity index is 936. The van der Waals surface area contributed by atoms with E-state index < -0.39 is 0 Å². The number of fused-ring (bicyclic) bond motifs is 1. The third kappa shape index (κ3) is 3.22. The summed E-state index contributed by atoms with van der Waals surface area (Å²) >= 11 is 9.40. The van der Waals surface area contributed by atoms with Crippen LogP contribution in [0.4, 0.5) is 0 Å². The zero-order valence-electron chi connectivity index (χ0n) is 13.3. The molecule has 0 spiro atoms. The molecule has 2 aromatic carbocycles. The minimum absolute atomic E-state index is 0.0372. The van der Waals surface area contributed by atoms with Crippen molar-refractivity contribution in [2.24, 2.45) is 0 Å². The van der Waals surface area contributed by atoms with Crippen LogP contribution in [0.1, 0.15) is 21.6 Å². The Balaban J connectivity index is 1.63. The van der Waals surface area contributed by atoms with Crippen LogP contribution in [0.3, 0.4) is 0 Å². The van der Waals surface area contributed by atoms with Gasteiger partial charge in [0.2, 0.25) is 0 Å². The van der Waals surface area contributed by atoms with E-state index in [0.29, 0.717) is 23.7 Å². The highest BCUT2D eigenvalue weighted by Gasteiger charge is 2.26. The fraction of sp³-hybridized carbons (Fsp3) is 0.158. The molecular formula is C19H15BrClN3O. The number of benzene rings is 2. The van der Waals surface area contributed by atoms with Crippen molar-refractivity contribution in [2.75, 3.05) is 6.54 Å². The third-order valence-electron chi connectivity index (χ3n) is 4.41. The van der Waals surface area contributed by atoms with Crippen LogP contribution in [0.5, 0.6) is 0 Å². The second kappa shape index (κ2) is 6.65. The summed E-state index contributed by atoms with van der Waals surface area (Å²) in [6, 6.07) is 15.1. The molecule has 25 heavy (non-hydrogen) atoms.